The average molecular weight is 275 g/mol. The van der Waals surface area contributed by atoms with Gasteiger partial charge >= 0.3 is 0 Å². The van der Waals surface area contributed by atoms with Crippen molar-refractivity contribution in [3.63, 3.8) is 0 Å². The molecule has 2 aliphatic heterocycles. The van der Waals surface area contributed by atoms with E-state index in [2.05, 4.69) is 0 Å². The van der Waals surface area contributed by atoms with Crippen molar-refractivity contribution < 1.29 is 14.3 Å². The van der Waals surface area contributed by atoms with Gasteiger partial charge in [0.15, 0.2) is 5.60 Å². The topological polar surface area (TPSA) is 42.1 Å². The van der Waals surface area contributed by atoms with Crippen molar-refractivity contribution in [2.75, 3.05) is 6.61 Å². The first-order valence-electron chi connectivity index (χ1n) is 7.07. The molecular weight excluding hydrogens is 254 g/mol. The maximum absolute atomic E-state index is 12.9. The van der Waals surface area contributed by atoms with Gasteiger partial charge in [-0.15, -0.1) is 0 Å². The Morgan fingerprint density at radius 1 is 1.25 bits per heavy atom. The van der Waals surface area contributed by atoms with Gasteiger partial charge < -0.3 is 14.4 Å². The van der Waals surface area contributed by atoms with Crippen LogP contribution in [0.3, 0.4) is 0 Å². The van der Waals surface area contributed by atoms with Crippen LogP contribution in [-0.4, -0.2) is 34.8 Å². The number of carbonyl (C=O) groups is 1. The van der Waals surface area contributed by atoms with Gasteiger partial charge in [-0.2, -0.15) is 0 Å². The van der Waals surface area contributed by atoms with Crippen molar-refractivity contribution in [1.29, 1.82) is 0 Å². The number of epoxide rings is 1. The molecule has 0 spiro atoms. The summed E-state index contributed by atoms with van der Waals surface area (Å²) in [5.41, 5.74) is -0.201. The quantitative estimate of drug-likeness (QED) is 0.779. The lowest BCUT2D eigenvalue weighted by Crippen LogP contribution is -2.50. The molecule has 2 heterocycles. The van der Waals surface area contributed by atoms with Crippen molar-refractivity contribution in [3.8, 4) is 0 Å². The predicted molar refractivity (Wildman–Crippen MR) is 75.0 cm³/mol. The Labute approximate surface area is 119 Å². The third-order valence-corrected chi connectivity index (χ3v) is 4.45. The van der Waals surface area contributed by atoms with Gasteiger partial charge in [0, 0.05) is 0 Å². The SMILES string of the molecule is C[C@H]1O[C@]1(C)C(=O)N1[C@@H](c2ccccc2)COC1(C)C. The van der Waals surface area contributed by atoms with Crippen molar-refractivity contribution >= 4 is 5.91 Å². The number of benzene rings is 1. The molecule has 0 saturated carbocycles. The smallest absolute Gasteiger partial charge is 0.260 e. The lowest BCUT2D eigenvalue weighted by Gasteiger charge is -2.35. The molecule has 4 heteroatoms. The monoisotopic (exact) mass is 275 g/mol. The third kappa shape index (κ3) is 1.95. The second-order valence-corrected chi connectivity index (χ2v) is 6.23. The molecule has 0 aliphatic carbocycles. The number of hydrogen-bond acceptors (Lipinski definition) is 3. The fourth-order valence-electron chi connectivity index (χ4n) is 2.91. The molecule has 0 bridgehead atoms. The fourth-order valence-corrected chi connectivity index (χ4v) is 2.91. The van der Waals surface area contributed by atoms with E-state index in [1.165, 1.54) is 0 Å². The molecule has 20 heavy (non-hydrogen) atoms. The summed E-state index contributed by atoms with van der Waals surface area (Å²) in [6.45, 7) is 8.18. The highest BCUT2D eigenvalue weighted by atomic mass is 16.6. The Kier molecular flexibility index (Phi) is 2.92. The minimum atomic E-state index is -0.696. The van der Waals surface area contributed by atoms with Crippen LogP contribution in [0.25, 0.3) is 0 Å². The molecule has 3 atom stereocenters. The third-order valence-electron chi connectivity index (χ3n) is 4.45. The Balaban J connectivity index is 1.94. The molecule has 4 nitrogen and oxygen atoms in total. The highest BCUT2D eigenvalue weighted by Crippen LogP contribution is 2.44. The van der Waals surface area contributed by atoms with E-state index in [0.29, 0.717) is 6.61 Å². The zero-order valence-electron chi connectivity index (χ0n) is 12.4. The zero-order valence-corrected chi connectivity index (χ0v) is 12.4. The first-order chi connectivity index (χ1) is 9.36. The van der Waals surface area contributed by atoms with E-state index in [1.54, 1.807) is 0 Å². The number of nitrogens with zero attached hydrogens (tertiary/aromatic N) is 1. The first-order valence-corrected chi connectivity index (χ1v) is 7.07. The second-order valence-electron chi connectivity index (χ2n) is 6.23. The molecular formula is C16H21NO3. The molecule has 3 rings (SSSR count). The Bertz CT molecular complexity index is 528. The van der Waals surface area contributed by atoms with Gasteiger partial charge in [-0.25, -0.2) is 0 Å². The van der Waals surface area contributed by atoms with Crippen molar-refractivity contribution in [2.24, 2.45) is 0 Å². The first kappa shape index (κ1) is 13.6. The van der Waals surface area contributed by atoms with Crippen LogP contribution in [0.5, 0.6) is 0 Å². The summed E-state index contributed by atoms with van der Waals surface area (Å²) >= 11 is 0. The van der Waals surface area contributed by atoms with Gasteiger partial charge in [-0.05, 0) is 33.3 Å². The highest BCUT2D eigenvalue weighted by molar-refractivity contribution is 5.89. The van der Waals surface area contributed by atoms with Crippen LogP contribution in [0.4, 0.5) is 0 Å². The van der Waals surface area contributed by atoms with E-state index in [-0.39, 0.29) is 18.1 Å². The summed E-state index contributed by atoms with van der Waals surface area (Å²) in [7, 11) is 0. The molecule has 0 unspecified atom stereocenters. The minimum Gasteiger partial charge on any atom is -0.356 e. The summed E-state index contributed by atoms with van der Waals surface area (Å²) in [5, 5.41) is 0. The van der Waals surface area contributed by atoms with E-state index in [9.17, 15) is 4.79 Å². The van der Waals surface area contributed by atoms with Crippen LogP contribution in [0.1, 0.15) is 39.3 Å². The van der Waals surface area contributed by atoms with Crippen LogP contribution < -0.4 is 0 Å². The van der Waals surface area contributed by atoms with Gasteiger partial charge in [-0.3, -0.25) is 4.79 Å². The molecule has 108 valence electrons. The van der Waals surface area contributed by atoms with Crippen LogP contribution in [-0.2, 0) is 14.3 Å². The van der Waals surface area contributed by atoms with E-state index in [4.69, 9.17) is 9.47 Å². The van der Waals surface area contributed by atoms with Gasteiger partial charge in [0.25, 0.3) is 5.91 Å². The van der Waals surface area contributed by atoms with E-state index >= 15 is 0 Å². The second kappa shape index (κ2) is 4.30. The summed E-state index contributed by atoms with van der Waals surface area (Å²) < 4.78 is 11.4. The average Bonchev–Trinajstić information content (AvgIpc) is 2.90. The largest absolute Gasteiger partial charge is 0.356 e. The predicted octanol–water partition coefficient (Wildman–Crippen LogP) is 2.50. The van der Waals surface area contributed by atoms with E-state index < -0.39 is 11.3 Å². The summed E-state index contributed by atoms with van der Waals surface area (Å²) in [4.78, 5) is 14.7. The summed E-state index contributed by atoms with van der Waals surface area (Å²) in [5.74, 6) is 0.0151. The molecule has 2 fully saturated rings. The maximum Gasteiger partial charge on any atom is 0.260 e. The van der Waals surface area contributed by atoms with Crippen molar-refractivity contribution in [2.45, 2.75) is 51.2 Å². The molecule has 0 aromatic heterocycles. The number of amides is 1. The van der Waals surface area contributed by atoms with Crippen LogP contribution in [0.15, 0.2) is 30.3 Å². The van der Waals surface area contributed by atoms with Crippen LogP contribution in [0.2, 0.25) is 0 Å². The number of ether oxygens (including phenoxy) is 2. The van der Waals surface area contributed by atoms with E-state index in [0.717, 1.165) is 5.56 Å². The molecule has 0 N–H and O–H groups in total. The van der Waals surface area contributed by atoms with Gasteiger partial charge in [0.1, 0.15) is 5.72 Å². The number of hydrogen-bond donors (Lipinski definition) is 0. The minimum absolute atomic E-state index is 0.0151. The maximum atomic E-state index is 12.9. The summed E-state index contributed by atoms with van der Waals surface area (Å²) in [6.07, 6.45) is -0.0252. The van der Waals surface area contributed by atoms with Crippen molar-refractivity contribution in [3.05, 3.63) is 35.9 Å². The lowest BCUT2D eigenvalue weighted by atomic mass is 10.0. The van der Waals surface area contributed by atoms with E-state index in [1.807, 2.05) is 62.9 Å². The van der Waals surface area contributed by atoms with Gasteiger partial charge in [0.05, 0.1) is 18.8 Å². The molecule has 1 aromatic rings. The molecule has 0 radical (unpaired) electrons. The number of carbonyl (C=O) groups excluding carboxylic acids is 1. The van der Waals surface area contributed by atoms with Gasteiger partial charge in [0.2, 0.25) is 0 Å². The van der Waals surface area contributed by atoms with Crippen molar-refractivity contribution in [1.82, 2.24) is 4.90 Å². The molecule has 1 amide bonds. The Hall–Kier alpha value is -1.39. The molecule has 1 aromatic carbocycles. The zero-order chi connectivity index (χ0) is 14.5. The van der Waals surface area contributed by atoms with Gasteiger partial charge in [-0.1, -0.05) is 30.3 Å². The molecule has 2 saturated heterocycles. The van der Waals surface area contributed by atoms with Crippen LogP contribution >= 0.6 is 0 Å². The highest BCUT2D eigenvalue weighted by Gasteiger charge is 2.61. The lowest BCUT2D eigenvalue weighted by molar-refractivity contribution is -0.151. The Morgan fingerprint density at radius 3 is 2.40 bits per heavy atom. The number of rotatable bonds is 2. The normalized spacial score (nSPS) is 35.1. The standard InChI is InChI=1S/C16H21NO3/c1-11-16(4,20-11)14(18)17-13(10-19-15(17,2)3)12-8-6-5-7-9-12/h5-9,11,13H,10H2,1-4H3/t11-,13-,16+/m1/s1. The van der Waals surface area contributed by atoms with Crippen LogP contribution in [0, 0.1) is 0 Å². The fraction of sp³-hybridized carbons (Fsp3) is 0.562. The summed E-state index contributed by atoms with van der Waals surface area (Å²) in [6, 6.07) is 9.98. The molecule has 2 aliphatic rings. The Morgan fingerprint density at radius 2 is 1.85 bits per heavy atom.